The Hall–Kier alpha value is -4.86. The Kier molecular flexibility index (Phi) is 4.47. The summed E-state index contributed by atoms with van der Waals surface area (Å²) in [6, 6.07) is 17.7. The van der Waals surface area contributed by atoms with E-state index in [4.69, 9.17) is 4.52 Å². The lowest BCUT2D eigenvalue weighted by Gasteiger charge is -2.07. The fourth-order valence-electron chi connectivity index (χ4n) is 4.48. The molecule has 4 aromatic heterocycles. The molecule has 1 saturated carbocycles. The van der Waals surface area contributed by atoms with Crippen LogP contribution in [0.5, 0.6) is 0 Å². The molecule has 1 aliphatic carbocycles. The summed E-state index contributed by atoms with van der Waals surface area (Å²) in [4.78, 5) is 40.4. The molecule has 0 saturated heterocycles. The summed E-state index contributed by atoms with van der Waals surface area (Å²) < 4.78 is 9.13. The fourth-order valence-corrected chi connectivity index (χ4v) is 4.48. The van der Waals surface area contributed by atoms with E-state index in [1.807, 2.05) is 48.8 Å². The normalized spacial score (nSPS) is 13.6. The Morgan fingerprint density at radius 1 is 1.00 bits per heavy atom. The molecule has 176 valence electrons. The molecule has 0 bridgehead atoms. The van der Waals surface area contributed by atoms with Crippen molar-refractivity contribution in [3.63, 3.8) is 0 Å². The van der Waals surface area contributed by atoms with Crippen molar-refractivity contribution >= 4 is 22.1 Å². The predicted molar refractivity (Wildman–Crippen MR) is 132 cm³/mol. The zero-order valence-electron chi connectivity index (χ0n) is 19.0. The maximum Gasteiger partial charge on any atom is 0.330 e. The van der Waals surface area contributed by atoms with Crippen LogP contribution in [0, 0.1) is 0 Å². The van der Waals surface area contributed by atoms with Crippen LogP contribution < -0.4 is 11.2 Å². The molecule has 6 aromatic rings. The predicted octanol–water partition coefficient (Wildman–Crippen LogP) is 3.53. The van der Waals surface area contributed by atoms with Crippen molar-refractivity contribution in [2.45, 2.75) is 25.4 Å². The molecule has 0 spiro atoms. The highest BCUT2D eigenvalue weighted by Gasteiger charge is 2.28. The molecular formula is C26H19N7O3. The molecule has 0 aliphatic heterocycles. The van der Waals surface area contributed by atoms with E-state index < -0.39 is 11.2 Å². The van der Waals surface area contributed by atoms with Gasteiger partial charge in [0.2, 0.25) is 5.82 Å². The third-order valence-corrected chi connectivity index (χ3v) is 6.46. The molecule has 10 heteroatoms. The maximum absolute atomic E-state index is 12.4. The molecule has 1 N–H and O–H groups in total. The summed E-state index contributed by atoms with van der Waals surface area (Å²) in [7, 11) is 0. The average Bonchev–Trinajstić information content (AvgIpc) is 3.46. The Balaban J connectivity index is 1.17. The van der Waals surface area contributed by atoms with E-state index in [9.17, 15) is 9.59 Å². The fraction of sp³-hybridized carbons (Fsp3) is 0.154. The molecule has 2 aromatic carbocycles. The SMILES string of the molecule is O=c1[nH]c(=O)n(C2CC2)c2ncc(-c3nc(-c4ccc(Cn5cnc6ccccc65)cc4)no3)cc12. The maximum atomic E-state index is 12.4. The number of hydrogen-bond acceptors (Lipinski definition) is 7. The van der Waals surface area contributed by atoms with E-state index in [-0.39, 0.29) is 11.9 Å². The lowest BCUT2D eigenvalue weighted by atomic mass is 10.1. The Bertz CT molecular complexity index is 1870. The van der Waals surface area contributed by atoms with Crippen molar-refractivity contribution in [3.05, 3.63) is 93.5 Å². The van der Waals surface area contributed by atoms with Gasteiger partial charge in [0.25, 0.3) is 11.4 Å². The third-order valence-electron chi connectivity index (χ3n) is 6.46. The smallest absolute Gasteiger partial charge is 0.330 e. The number of hydrogen-bond donors (Lipinski definition) is 1. The van der Waals surface area contributed by atoms with Crippen molar-refractivity contribution in [3.8, 4) is 22.8 Å². The van der Waals surface area contributed by atoms with Gasteiger partial charge in [0.05, 0.1) is 28.3 Å². The number of benzene rings is 2. The number of aromatic nitrogens is 7. The molecule has 0 atom stereocenters. The van der Waals surface area contributed by atoms with Gasteiger partial charge >= 0.3 is 5.69 Å². The van der Waals surface area contributed by atoms with Gasteiger partial charge in [-0.25, -0.2) is 14.8 Å². The Morgan fingerprint density at radius 2 is 1.83 bits per heavy atom. The van der Waals surface area contributed by atoms with Gasteiger partial charge in [0, 0.05) is 24.3 Å². The van der Waals surface area contributed by atoms with Crippen molar-refractivity contribution < 1.29 is 4.52 Å². The summed E-state index contributed by atoms with van der Waals surface area (Å²) in [5.41, 5.74) is 3.94. The standard InChI is InChI=1S/C26H19N7O3/c34-24-19-11-17(12-27-23(19)33(18-9-10-18)26(35)30-24)25-29-22(31-36-25)16-7-5-15(6-8-16)13-32-14-28-20-3-1-2-4-21(20)32/h1-8,11-12,14,18H,9-10,13H2,(H,30,34,35). The second-order valence-corrected chi connectivity index (χ2v) is 8.94. The highest BCUT2D eigenvalue weighted by Crippen LogP contribution is 2.35. The number of pyridine rings is 1. The lowest BCUT2D eigenvalue weighted by Crippen LogP contribution is -2.30. The zero-order valence-corrected chi connectivity index (χ0v) is 19.0. The van der Waals surface area contributed by atoms with Crippen LogP contribution in [-0.2, 0) is 6.54 Å². The van der Waals surface area contributed by atoms with E-state index in [2.05, 4.69) is 35.7 Å². The summed E-state index contributed by atoms with van der Waals surface area (Å²) >= 11 is 0. The highest BCUT2D eigenvalue weighted by molar-refractivity contribution is 5.79. The summed E-state index contributed by atoms with van der Waals surface area (Å²) in [6.45, 7) is 0.696. The van der Waals surface area contributed by atoms with Gasteiger partial charge in [-0.3, -0.25) is 14.3 Å². The van der Waals surface area contributed by atoms with Crippen molar-refractivity contribution in [2.75, 3.05) is 0 Å². The van der Waals surface area contributed by atoms with Crippen LogP contribution in [-0.4, -0.2) is 34.2 Å². The van der Waals surface area contributed by atoms with E-state index in [0.717, 1.165) is 35.0 Å². The molecule has 0 unspecified atom stereocenters. The Labute approximate surface area is 202 Å². The number of nitrogens with one attached hydrogen (secondary N) is 1. The Morgan fingerprint density at radius 3 is 2.67 bits per heavy atom. The zero-order chi connectivity index (χ0) is 24.2. The quantitative estimate of drug-likeness (QED) is 0.403. The summed E-state index contributed by atoms with van der Waals surface area (Å²) in [5.74, 6) is 0.679. The van der Waals surface area contributed by atoms with E-state index >= 15 is 0 Å². The number of para-hydroxylation sites is 2. The number of rotatable bonds is 5. The van der Waals surface area contributed by atoms with Crippen LogP contribution in [0.2, 0.25) is 0 Å². The minimum absolute atomic E-state index is 0.0840. The van der Waals surface area contributed by atoms with Gasteiger partial charge in [-0.05, 0) is 36.6 Å². The molecule has 1 fully saturated rings. The van der Waals surface area contributed by atoms with Gasteiger partial charge in [0.15, 0.2) is 0 Å². The van der Waals surface area contributed by atoms with Crippen molar-refractivity contribution in [2.24, 2.45) is 0 Å². The van der Waals surface area contributed by atoms with Gasteiger partial charge in [-0.1, -0.05) is 41.6 Å². The lowest BCUT2D eigenvalue weighted by molar-refractivity contribution is 0.432. The second kappa shape index (κ2) is 7.84. The molecular weight excluding hydrogens is 458 g/mol. The summed E-state index contributed by atoms with van der Waals surface area (Å²) in [6.07, 6.45) is 5.19. The topological polar surface area (TPSA) is 124 Å². The molecule has 36 heavy (non-hydrogen) atoms. The number of nitrogens with zero attached hydrogens (tertiary/aromatic N) is 6. The molecule has 7 rings (SSSR count). The molecule has 0 radical (unpaired) electrons. The van der Waals surface area contributed by atoms with Crippen LogP contribution in [0.1, 0.15) is 24.4 Å². The molecule has 1 aliphatic rings. The van der Waals surface area contributed by atoms with E-state index in [1.54, 1.807) is 16.8 Å². The number of H-pyrrole nitrogens is 1. The second-order valence-electron chi connectivity index (χ2n) is 8.94. The highest BCUT2D eigenvalue weighted by atomic mass is 16.5. The first-order valence-corrected chi connectivity index (χ1v) is 11.6. The van der Waals surface area contributed by atoms with Gasteiger partial charge in [0.1, 0.15) is 5.65 Å². The minimum atomic E-state index is -0.484. The van der Waals surface area contributed by atoms with Crippen LogP contribution in [0.15, 0.2) is 81.2 Å². The summed E-state index contributed by atoms with van der Waals surface area (Å²) in [5, 5.41) is 4.43. The largest absolute Gasteiger partial charge is 0.334 e. The van der Waals surface area contributed by atoms with Crippen LogP contribution >= 0.6 is 0 Å². The van der Waals surface area contributed by atoms with Crippen molar-refractivity contribution in [1.82, 2.24) is 34.2 Å². The van der Waals surface area contributed by atoms with Crippen molar-refractivity contribution in [1.29, 1.82) is 0 Å². The molecule has 4 heterocycles. The number of fused-ring (bicyclic) bond motifs is 2. The monoisotopic (exact) mass is 477 g/mol. The first kappa shape index (κ1) is 20.5. The van der Waals surface area contributed by atoms with E-state index in [0.29, 0.717) is 29.0 Å². The average molecular weight is 477 g/mol. The van der Waals surface area contributed by atoms with Gasteiger partial charge in [-0.15, -0.1) is 0 Å². The van der Waals surface area contributed by atoms with Crippen LogP contribution in [0.25, 0.3) is 44.9 Å². The first-order chi connectivity index (χ1) is 17.6. The third kappa shape index (κ3) is 3.42. The first-order valence-electron chi connectivity index (χ1n) is 11.6. The number of imidazole rings is 1. The molecule has 10 nitrogen and oxygen atoms in total. The number of aromatic amines is 1. The molecule has 0 amide bonds. The van der Waals surface area contributed by atoms with Gasteiger partial charge < -0.3 is 9.09 Å². The van der Waals surface area contributed by atoms with Crippen LogP contribution in [0.3, 0.4) is 0 Å². The van der Waals surface area contributed by atoms with Gasteiger partial charge in [-0.2, -0.15) is 4.98 Å². The van der Waals surface area contributed by atoms with E-state index in [1.165, 1.54) is 0 Å². The minimum Gasteiger partial charge on any atom is -0.334 e. The van der Waals surface area contributed by atoms with Crippen LogP contribution in [0.4, 0.5) is 0 Å².